The Kier molecular flexibility index (Phi) is 2.47. The van der Waals surface area contributed by atoms with Crippen LogP contribution in [-0.4, -0.2) is 35.5 Å². The van der Waals surface area contributed by atoms with Crippen molar-refractivity contribution in [1.82, 2.24) is 29.9 Å². The van der Waals surface area contributed by atoms with Crippen LogP contribution in [0.1, 0.15) is 33.4 Å². The van der Waals surface area contributed by atoms with Crippen LogP contribution in [0.15, 0.2) is 30.5 Å². The minimum Gasteiger partial charge on any atom is -0.367 e. The van der Waals surface area contributed by atoms with Crippen LogP contribution in [0.4, 0.5) is 4.39 Å². The van der Waals surface area contributed by atoms with Crippen molar-refractivity contribution < 1.29 is 17.4 Å². The molecule has 1 aliphatic heterocycles. The van der Waals surface area contributed by atoms with Crippen LogP contribution >= 0.6 is 0 Å². The third-order valence-electron chi connectivity index (χ3n) is 4.66. The van der Waals surface area contributed by atoms with Gasteiger partial charge in [-0.15, -0.1) is 0 Å². The average molecular weight is 384 g/mol. The first kappa shape index (κ1) is 11.7. The van der Waals surface area contributed by atoms with E-state index in [4.69, 9.17) is 13.0 Å². The van der Waals surface area contributed by atoms with E-state index in [0.29, 0.717) is 45.1 Å². The lowest BCUT2D eigenvalue weighted by Crippen LogP contribution is -2.36. The molecule has 0 aliphatic carbocycles. The van der Waals surface area contributed by atoms with Gasteiger partial charge in [0.25, 0.3) is 0 Å². The van der Waals surface area contributed by atoms with Crippen LogP contribution in [0.25, 0.3) is 33.5 Å². The van der Waals surface area contributed by atoms with E-state index >= 15 is 0 Å². The van der Waals surface area contributed by atoms with Gasteiger partial charge in [-0.25, -0.2) is 14.4 Å². The topological polar surface area (TPSA) is 81.5 Å². The molecule has 28 heavy (non-hydrogen) atoms. The third kappa shape index (κ3) is 2.68. The fraction of sp³-hybridized carbons (Fsp3) is 0.300. The Morgan fingerprint density at radius 3 is 2.82 bits per heavy atom. The second kappa shape index (κ2) is 5.93. The maximum atomic E-state index is 13.6. The quantitative estimate of drug-likeness (QED) is 0.571. The summed E-state index contributed by atoms with van der Waals surface area (Å²) in [5.41, 5.74) is 0.394. The Hall–Kier alpha value is -3.13. The van der Waals surface area contributed by atoms with Gasteiger partial charge in [-0.2, -0.15) is 10.2 Å². The largest absolute Gasteiger partial charge is 0.367 e. The maximum absolute atomic E-state index is 13.6. The van der Waals surface area contributed by atoms with E-state index in [1.54, 1.807) is 13.1 Å². The number of nitrogens with zero attached hydrogens (tertiary/aromatic N) is 5. The van der Waals surface area contributed by atoms with Crippen molar-refractivity contribution in [2.45, 2.75) is 39.4 Å². The molecule has 1 N–H and O–H groups in total. The number of ether oxygens (including phenoxy) is 1. The molecule has 4 heterocycles. The fourth-order valence-corrected chi connectivity index (χ4v) is 3.42. The molecule has 0 spiro atoms. The monoisotopic (exact) mass is 384 g/mol. The Morgan fingerprint density at radius 2 is 2.04 bits per heavy atom. The van der Waals surface area contributed by atoms with Crippen LogP contribution in [0, 0.1) is 12.7 Å². The summed E-state index contributed by atoms with van der Waals surface area (Å²) in [6.45, 7) is -5.03. The number of aryl methyl sites for hydroxylation is 1. The number of aromatic nitrogens is 6. The van der Waals surface area contributed by atoms with Crippen LogP contribution < -0.4 is 0 Å². The molecule has 1 aromatic carbocycles. The Balaban J connectivity index is 1.79. The molecule has 0 unspecified atom stereocenters. The van der Waals surface area contributed by atoms with Crippen LogP contribution in [0.3, 0.4) is 0 Å². The van der Waals surface area contributed by atoms with Crippen molar-refractivity contribution in [3.63, 3.8) is 0 Å². The summed E-state index contributed by atoms with van der Waals surface area (Å²) in [4.78, 5) is 8.92. The van der Waals surface area contributed by atoms with Gasteiger partial charge in [0.1, 0.15) is 17.3 Å². The molecule has 0 amide bonds. The molecule has 3 aromatic heterocycles. The van der Waals surface area contributed by atoms with Gasteiger partial charge in [0.15, 0.2) is 5.65 Å². The number of rotatable bonds is 2. The molecule has 0 atom stereocenters. The summed E-state index contributed by atoms with van der Waals surface area (Å²) < 4.78 is 68.2. The molecular formula is C20H19FN6O. The van der Waals surface area contributed by atoms with E-state index in [1.807, 2.05) is 0 Å². The molecule has 0 radical (unpaired) electrons. The molecule has 7 nitrogen and oxygen atoms in total. The lowest BCUT2D eigenvalue weighted by Gasteiger charge is -2.31. The van der Waals surface area contributed by atoms with E-state index in [2.05, 4.69) is 25.3 Å². The molecule has 8 heteroatoms. The summed E-state index contributed by atoms with van der Waals surface area (Å²) in [6, 6.07) is 5.63. The SMILES string of the molecule is [2H]C([2H])([2H])C1(C([2H])([2H])[2H])Cn2nc(-c3ccc(F)cc3)c(-c3nc(C)nc4[nH]ncc34)c2CO1. The highest BCUT2D eigenvalue weighted by molar-refractivity contribution is 5.95. The maximum Gasteiger partial charge on any atom is 0.159 e. The van der Waals surface area contributed by atoms with Gasteiger partial charge in [0.05, 0.1) is 47.3 Å². The number of fused-ring (bicyclic) bond motifs is 2. The standard InChI is InChI=1S/C20H19FN6O/c1-11-23-18(14-8-22-25-19(14)24-11)16-15-9-28-20(2,3)10-27(15)26-17(16)12-4-6-13(21)7-5-12/h4-8H,9-10H2,1-3H3,(H,22,23,24,25)/i2D3,3D3. The molecule has 0 bridgehead atoms. The van der Waals surface area contributed by atoms with E-state index in [1.165, 1.54) is 28.9 Å². The van der Waals surface area contributed by atoms with Gasteiger partial charge in [-0.05, 0) is 44.9 Å². The lowest BCUT2D eigenvalue weighted by molar-refractivity contribution is -0.0657. The normalized spacial score (nSPS) is 19.8. The van der Waals surface area contributed by atoms with E-state index in [-0.39, 0.29) is 6.61 Å². The average Bonchev–Trinajstić information content (AvgIpc) is 3.35. The summed E-state index contributed by atoms with van der Waals surface area (Å²) in [5.74, 6) is 0.0179. The van der Waals surface area contributed by atoms with E-state index in [9.17, 15) is 4.39 Å². The number of hydrogen-bond acceptors (Lipinski definition) is 5. The highest BCUT2D eigenvalue weighted by Crippen LogP contribution is 2.39. The zero-order chi connectivity index (χ0) is 24.5. The van der Waals surface area contributed by atoms with Gasteiger partial charge >= 0.3 is 0 Å². The molecule has 0 saturated heterocycles. The Bertz CT molecular complexity index is 1380. The molecule has 0 saturated carbocycles. The molecule has 5 rings (SSSR count). The van der Waals surface area contributed by atoms with E-state index < -0.39 is 31.7 Å². The van der Waals surface area contributed by atoms with Crippen molar-refractivity contribution in [3.05, 3.63) is 47.8 Å². The minimum atomic E-state index is -2.94. The zero-order valence-electron chi connectivity index (χ0n) is 20.8. The Morgan fingerprint density at radius 1 is 1.21 bits per heavy atom. The van der Waals surface area contributed by atoms with Gasteiger partial charge < -0.3 is 4.74 Å². The predicted molar refractivity (Wildman–Crippen MR) is 102 cm³/mol. The van der Waals surface area contributed by atoms with Crippen molar-refractivity contribution in [2.75, 3.05) is 0 Å². The summed E-state index contributed by atoms with van der Waals surface area (Å²) in [5, 5.41) is 12.0. The van der Waals surface area contributed by atoms with Gasteiger partial charge in [-0.1, -0.05) is 0 Å². The lowest BCUT2D eigenvalue weighted by atomic mass is 10.00. The molecule has 142 valence electrons. The van der Waals surface area contributed by atoms with Crippen molar-refractivity contribution >= 4 is 11.0 Å². The van der Waals surface area contributed by atoms with Crippen LogP contribution in [-0.2, 0) is 17.9 Å². The highest BCUT2D eigenvalue weighted by atomic mass is 19.1. The fourth-order valence-electron chi connectivity index (χ4n) is 3.42. The van der Waals surface area contributed by atoms with Gasteiger partial charge in [0.2, 0.25) is 0 Å². The number of H-pyrrole nitrogens is 1. The van der Waals surface area contributed by atoms with Crippen LogP contribution in [0.5, 0.6) is 0 Å². The number of hydrogen-bond donors (Lipinski definition) is 1. The van der Waals surface area contributed by atoms with Crippen molar-refractivity contribution in [3.8, 4) is 22.5 Å². The smallest absolute Gasteiger partial charge is 0.159 e. The number of benzene rings is 1. The first-order valence-electron chi connectivity index (χ1n) is 11.6. The van der Waals surface area contributed by atoms with Crippen molar-refractivity contribution in [1.29, 1.82) is 0 Å². The number of aromatic amines is 1. The molecule has 4 aromatic rings. The van der Waals surface area contributed by atoms with Crippen molar-refractivity contribution in [2.24, 2.45) is 0 Å². The molecule has 1 aliphatic rings. The molecule has 0 fully saturated rings. The second-order valence-electron chi connectivity index (χ2n) is 6.70. The predicted octanol–water partition coefficient (Wildman–Crippen LogP) is 3.64. The first-order chi connectivity index (χ1) is 15.9. The number of halogens is 1. The molecular weight excluding hydrogens is 359 g/mol. The highest BCUT2D eigenvalue weighted by Gasteiger charge is 2.32. The number of nitrogens with one attached hydrogen (secondary N) is 1. The minimum absolute atomic E-state index is 0.331. The van der Waals surface area contributed by atoms with Gasteiger partial charge in [0, 0.05) is 13.8 Å². The Labute approximate surface area is 169 Å². The summed E-state index contributed by atoms with van der Waals surface area (Å²) in [6.07, 6.45) is 1.56. The van der Waals surface area contributed by atoms with Gasteiger partial charge in [-0.3, -0.25) is 9.78 Å². The van der Waals surface area contributed by atoms with Crippen LogP contribution in [0.2, 0.25) is 0 Å². The summed E-state index contributed by atoms with van der Waals surface area (Å²) >= 11 is 0. The second-order valence-corrected chi connectivity index (χ2v) is 6.70. The zero-order valence-corrected chi connectivity index (χ0v) is 14.8. The first-order valence-corrected chi connectivity index (χ1v) is 8.59. The third-order valence-corrected chi connectivity index (χ3v) is 4.66. The summed E-state index contributed by atoms with van der Waals surface area (Å²) in [7, 11) is 0. The van der Waals surface area contributed by atoms with E-state index in [0.717, 1.165) is 0 Å².